The number of furan rings is 1. The Bertz CT molecular complexity index is 1160. The molecule has 1 N–H and O–H groups in total. The number of nitrogens with one attached hydrogen (secondary N) is 1. The quantitative estimate of drug-likeness (QED) is 0.446. The highest BCUT2D eigenvalue weighted by Gasteiger charge is 2.24. The largest absolute Gasteiger partial charge is 0.457 e. The molecule has 6 heteroatoms. The predicted molar refractivity (Wildman–Crippen MR) is 123 cm³/mol. The lowest BCUT2D eigenvalue weighted by Crippen LogP contribution is -2.19. The average molecular weight is 467 g/mol. The van der Waals surface area contributed by atoms with E-state index in [0.717, 1.165) is 32.6 Å². The number of hydrogen-bond acceptors (Lipinski definition) is 4. The molecule has 0 radical (unpaired) electrons. The molecule has 2 heterocycles. The molecule has 2 aromatic carbocycles. The number of aryl methyl sites for hydroxylation is 3. The maximum Gasteiger partial charge on any atom is 0.264 e. The van der Waals surface area contributed by atoms with Crippen LogP contribution >= 0.6 is 27.7 Å². The lowest BCUT2D eigenvalue weighted by molar-refractivity contribution is -0.115. The van der Waals surface area contributed by atoms with Crippen molar-refractivity contribution in [3.8, 4) is 11.3 Å². The van der Waals surface area contributed by atoms with Crippen molar-refractivity contribution in [1.82, 2.24) is 5.32 Å². The van der Waals surface area contributed by atoms with Crippen LogP contribution in [0.15, 0.2) is 67.3 Å². The van der Waals surface area contributed by atoms with Gasteiger partial charge in [0.2, 0.25) is 0 Å². The maximum atomic E-state index is 12.4. The van der Waals surface area contributed by atoms with Gasteiger partial charge in [0.1, 0.15) is 11.5 Å². The minimum absolute atomic E-state index is 0.174. The van der Waals surface area contributed by atoms with E-state index in [1.54, 1.807) is 6.08 Å². The van der Waals surface area contributed by atoms with Gasteiger partial charge in [0.15, 0.2) is 5.17 Å². The van der Waals surface area contributed by atoms with E-state index in [-0.39, 0.29) is 5.91 Å². The van der Waals surface area contributed by atoms with E-state index in [1.165, 1.54) is 17.3 Å². The lowest BCUT2D eigenvalue weighted by atomic mass is 10.1. The van der Waals surface area contributed by atoms with Crippen LogP contribution in [0.2, 0.25) is 0 Å². The van der Waals surface area contributed by atoms with E-state index in [2.05, 4.69) is 32.3 Å². The number of benzene rings is 2. The molecular weight excluding hydrogens is 448 g/mol. The Labute approximate surface area is 182 Å². The molecule has 1 aliphatic rings. The molecule has 1 fully saturated rings. The molecule has 1 aromatic heterocycles. The molecule has 1 saturated heterocycles. The first-order valence-electron chi connectivity index (χ1n) is 9.11. The second-order valence-electron chi connectivity index (χ2n) is 7.01. The molecule has 0 atom stereocenters. The maximum absolute atomic E-state index is 12.4. The highest BCUT2D eigenvalue weighted by molar-refractivity contribution is 9.10. The third kappa shape index (κ3) is 4.54. The van der Waals surface area contributed by atoms with Crippen LogP contribution in [0, 0.1) is 20.8 Å². The summed E-state index contributed by atoms with van der Waals surface area (Å²) in [4.78, 5) is 17.5. The molecule has 0 spiro atoms. The Morgan fingerprint density at radius 2 is 1.76 bits per heavy atom. The number of aliphatic imine (C=N–C) groups is 1. The summed E-state index contributed by atoms with van der Waals surface area (Å²) in [7, 11) is 0. The Morgan fingerprint density at radius 3 is 2.48 bits per heavy atom. The predicted octanol–water partition coefficient (Wildman–Crippen LogP) is 6.53. The Hall–Kier alpha value is -2.57. The smallest absolute Gasteiger partial charge is 0.264 e. The van der Waals surface area contributed by atoms with Gasteiger partial charge in [-0.25, -0.2) is 4.99 Å². The number of carbonyl (C=O) groups excluding carboxylic acids is 1. The second kappa shape index (κ2) is 8.05. The van der Waals surface area contributed by atoms with Gasteiger partial charge in [-0.15, -0.1) is 0 Å². The third-order valence-electron chi connectivity index (χ3n) is 4.38. The summed E-state index contributed by atoms with van der Waals surface area (Å²) in [6.07, 6.45) is 1.75. The number of rotatable bonds is 3. The molecule has 0 saturated carbocycles. The van der Waals surface area contributed by atoms with E-state index in [0.29, 0.717) is 15.8 Å². The Morgan fingerprint density at radius 1 is 1.00 bits per heavy atom. The summed E-state index contributed by atoms with van der Waals surface area (Å²) in [5.41, 5.74) is 5.25. The molecule has 29 heavy (non-hydrogen) atoms. The van der Waals surface area contributed by atoms with Crippen molar-refractivity contribution in [3.05, 3.63) is 80.4 Å². The van der Waals surface area contributed by atoms with E-state index in [1.807, 2.05) is 63.2 Å². The molecule has 0 unspecified atom stereocenters. The normalized spacial score (nSPS) is 16.6. The van der Waals surface area contributed by atoms with E-state index in [9.17, 15) is 4.79 Å². The lowest BCUT2D eigenvalue weighted by Gasteiger charge is -2.02. The third-order valence-corrected chi connectivity index (χ3v) is 5.94. The molecule has 1 amide bonds. The van der Waals surface area contributed by atoms with Crippen LogP contribution in [0.1, 0.15) is 22.5 Å². The Kier molecular flexibility index (Phi) is 5.48. The van der Waals surface area contributed by atoms with Gasteiger partial charge in [-0.05, 0) is 85.6 Å². The monoisotopic (exact) mass is 466 g/mol. The van der Waals surface area contributed by atoms with E-state index < -0.39 is 0 Å². The fourth-order valence-electron chi connectivity index (χ4n) is 3.14. The number of amides is 1. The summed E-state index contributed by atoms with van der Waals surface area (Å²) in [5, 5.41) is 3.39. The van der Waals surface area contributed by atoms with Gasteiger partial charge in [-0.1, -0.05) is 28.1 Å². The summed E-state index contributed by atoms with van der Waals surface area (Å²) in [6.45, 7) is 6.10. The van der Waals surface area contributed by atoms with Crippen molar-refractivity contribution >= 4 is 50.5 Å². The zero-order valence-corrected chi connectivity index (χ0v) is 18.6. The van der Waals surface area contributed by atoms with Gasteiger partial charge in [-0.2, -0.15) is 0 Å². The van der Waals surface area contributed by atoms with Crippen LogP contribution < -0.4 is 5.32 Å². The average Bonchev–Trinajstić information content (AvgIpc) is 3.21. The number of halogens is 1. The number of thioether (sulfide) groups is 1. The number of amidine groups is 1. The van der Waals surface area contributed by atoms with Crippen LogP contribution in [0.3, 0.4) is 0 Å². The van der Waals surface area contributed by atoms with Gasteiger partial charge in [-0.3, -0.25) is 4.79 Å². The molecule has 146 valence electrons. The first kappa shape index (κ1) is 19.7. The highest BCUT2D eigenvalue weighted by atomic mass is 79.9. The van der Waals surface area contributed by atoms with Crippen molar-refractivity contribution in [1.29, 1.82) is 0 Å². The second-order valence-corrected chi connectivity index (χ2v) is 8.90. The van der Waals surface area contributed by atoms with Crippen LogP contribution in [0.25, 0.3) is 17.4 Å². The van der Waals surface area contributed by atoms with Crippen molar-refractivity contribution < 1.29 is 9.21 Å². The van der Waals surface area contributed by atoms with Crippen LogP contribution in [0.5, 0.6) is 0 Å². The topological polar surface area (TPSA) is 54.6 Å². The van der Waals surface area contributed by atoms with Gasteiger partial charge in [0.25, 0.3) is 5.91 Å². The number of nitrogens with zero attached hydrogens (tertiary/aromatic N) is 1. The summed E-state index contributed by atoms with van der Waals surface area (Å²) in [5.74, 6) is 1.20. The fraction of sp³-hybridized carbons (Fsp3) is 0.130. The van der Waals surface area contributed by atoms with E-state index in [4.69, 9.17) is 4.42 Å². The first-order valence-corrected chi connectivity index (χ1v) is 10.7. The molecule has 0 aliphatic carbocycles. The standard InChI is InChI=1S/C23H19BrN2O2S/c1-13-4-6-18(19(24)11-13)20-7-5-17(28-20)12-21-22(27)26-23(29-21)25-16-9-14(2)8-15(3)10-16/h4-12H,1-3H3,(H,25,26,27)/b21-12+. The summed E-state index contributed by atoms with van der Waals surface area (Å²) < 4.78 is 6.92. The summed E-state index contributed by atoms with van der Waals surface area (Å²) in [6, 6.07) is 15.9. The van der Waals surface area contributed by atoms with Gasteiger partial charge in [0, 0.05) is 16.1 Å². The number of carbonyl (C=O) groups is 1. The molecular formula is C23H19BrN2O2S. The zero-order chi connectivity index (χ0) is 20.5. The zero-order valence-electron chi connectivity index (χ0n) is 16.2. The van der Waals surface area contributed by atoms with Crippen molar-refractivity contribution in [2.45, 2.75) is 20.8 Å². The fourth-order valence-corrected chi connectivity index (χ4v) is 4.65. The van der Waals surface area contributed by atoms with Gasteiger partial charge >= 0.3 is 0 Å². The van der Waals surface area contributed by atoms with Crippen LogP contribution in [-0.4, -0.2) is 11.1 Å². The van der Waals surface area contributed by atoms with Crippen LogP contribution in [-0.2, 0) is 4.79 Å². The van der Waals surface area contributed by atoms with Crippen molar-refractivity contribution in [2.75, 3.05) is 0 Å². The Balaban J connectivity index is 1.57. The van der Waals surface area contributed by atoms with Crippen LogP contribution in [0.4, 0.5) is 5.69 Å². The number of hydrogen-bond donors (Lipinski definition) is 1. The summed E-state index contributed by atoms with van der Waals surface area (Å²) >= 11 is 4.89. The van der Waals surface area contributed by atoms with Gasteiger partial charge < -0.3 is 9.73 Å². The highest BCUT2D eigenvalue weighted by Crippen LogP contribution is 2.33. The van der Waals surface area contributed by atoms with Gasteiger partial charge in [0.05, 0.1) is 10.6 Å². The molecule has 0 bridgehead atoms. The SMILES string of the molecule is Cc1cc(C)cc(N=C2NC(=O)/C(=C\c3ccc(-c4ccc(C)cc4Br)o3)S2)c1. The van der Waals surface area contributed by atoms with E-state index >= 15 is 0 Å². The van der Waals surface area contributed by atoms with Crippen molar-refractivity contribution in [2.24, 2.45) is 4.99 Å². The molecule has 4 rings (SSSR count). The first-order chi connectivity index (χ1) is 13.9. The van der Waals surface area contributed by atoms with Crippen molar-refractivity contribution in [3.63, 3.8) is 0 Å². The minimum Gasteiger partial charge on any atom is -0.457 e. The molecule has 1 aliphatic heterocycles. The molecule has 4 nitrogen and oxygen atoms in total. The molecule has 3 aromatic rings. The minimum atomic E-state index is -0.174.